The van der Waals surface area contributed by atoms with Crippen LogP contribution in [0.4, 0.5) is 0 Å². The molecule has 0 aliphatic rings. The molecule has 7 nitrogen and oxygen atoms in total. The SMILES string of the molecule is CCNC(=NCc1cccc(C(N)=O)c1)N(C)Cc1cn(C)nc1C(C)C.I. The minimum Gasteiger partial charge on any atom is -0.366 e. The summed E-state index contributed by atoms with van der Waals surface area (Å²) in [5.41, 5.74) is 9.10. The van der Waals surface area contributed by atoms with Gasteiger partial charge in [-0.25, -0.2) is 4.99 Å². The van der Waals surface area contributed by atoms with E-state index in [2.05, 4.69) is 35.4 Å². The van der Waals surface area contributed by atoms with Gasteiger partial charge in [-0.2, -0.15) is 5.10 Å². The zero-order valence-electron chi connectivity index (χ0n) is 17.3. The average Bonchev–Trinajstić information content (AvgIpc) is 2.99. The lowest BCUT2D eigenvalue weighted by Gasteiger charge is -2.22. The molecule has 0 bridgehead atoms. The maximum absolute atomic E-state index is 11.4. The largest absolute Gasteiger partial charge is 0.366 e. The van der Waals surface area contributed by atoms with Gasteiger partial charge in [0.2, 0.25) is 5.91 Å². The summed E-state index contributed by atoms with van der Waals surface area (Å²) >= 11 is 0. The normalized spacial score (nSPS) is 11.3. The van der Waals surface area contributed by atoms with Gasteiger partial charge in [0.05, 0.1) is 12.2 Å². The first-order valence-electron chi connectivity index (χ1n) is 9.22. The number of hydrogen-bond acceptors (Lipinski definition) is 3. The molecule has 0 radical (unpaired) electrons. The Hall–Kier alpha value is -2.10. The summed E-state index contributed by atoms with van der Waals surface area (Å²) in [6, 6.07) is 7.26. The molecule has 1 aromatic heterocycles. The third kappa shape index (κ3) is 6.50. The lowest BCUT2D eigenvalue weighted by atomic mass is 10.1. The molecule has 0 spiro atoms. The first-order valence-corrected chi connectivity index (χ1v) is 9.22. The van der Waals surface area contributed by atoms with Crippen LogP contribution in [0.25, 0.3) is 0 Å². The molecule has 0 saturated carbocycles. The molecule has 2 rings (SSSR count). The molecule has 0 fully saturated rings. The maximum atomic E-state index is 11.4. The van der Waals surface area contributed by atoms with Crippen molar-refractivity contribution in [3.63, 3.8) is 0 Å². The van der Waals surface area contributed by atoms with Gasteiger partial charge < -0.3 is 16.0 Å². The van der Waals surface area contributed by atoms with Gasteiger partial charge in [-0.1, -0.05) is 26.0 Å². The van der Waals surface area contributed by atoms with Gasteiger partial charge in [-0.3, -0.25) is 9.48 Å². The Kier molecular flexibility index (Phi) is 9.44. The minimum absolute atomic E-state index is 0. The van der Waals surface area contributed by atoms with Crippen molar-refractivity contribution in [3.05, 3.63) is 52.8 Å². The van der Waals surface area contributed by atoms with Crippen LogP contribution in [0.1, 0.15) is 53.9 Å². The monoisotopic (exact) mass is 498 g/mol. The van der Waals surface area contributed by atoms with Crippen molar-refractivity contribution in [2.45, 2.75) is 39.8 Å². The molecule has 0 saturated heterocycles. The van der Waals surface area contributed by atoms with Gasteiger partial charge in [-0.15, -0.1) is 24.0 Å². The second kappa shape index (κ2) is 11.0. The molecular formula is C20H31IN6O. The number of guanidine groups is 1. The number of aliphatic imine (C=N–C) groups is 1. The van der Waals surface area contributed by atoms with Crippen LogP contribution in [0.15, 0.2) is 35.5 Å². The zero-order valence-corrected chi connectivity index (χ0v) is 19.6. The van der Waals surface area contributed by atoms with Crippen LogP contribution in [0.3, 0.4) is 0 Å². The summed E-state index contributed by atoms with van der Waals surface area (Å²) in [5, 5.41) is 7.90. The van der Waals surface area contributed by atoms with Crippen LogP contribution in [0, 0.1) is 0 Å². The molecule has 0 aliphatic heterocycles. The number of hydrogen-bond donors (Lipinski definition) is 2. The molecule has 1 heterocycles. The fourth-order valence-corrected chi connectivity index (χ4v) is 2.95. The molecular weight excluding hydrogens is 467 g/mol. The van der Waals surface area contributed by atoms with Gasteiger partial charge in [0, 0.05) is 44.5 Å². The van der Waals surface area contributed by atoms with Crippen LogP contribution < -0.4 is 11.1 Å². The lowest BCUT2D eigenvalue weighted by Crippen LogP contribution is -2.38. The molecule has 1 amide bonds. The van der Waals surface area contributed by atoms with E-state index in [1.54, 1.807) is 12.1 Å². The van der Waals surface area contributed by atoms with Gasteiger partial charge in [0.25, 0.3) is 0 Å². The summed E-state index contributed by atoms with van der Waals surface area (Å²) in [4.78, 5) is 18.2. The summed E-state index contributed by atoms with van der Waals surface area (Å²) in [6.45, 7) is 8.30. The van der Waals surface area contributed by atoms with E-state index in [0.717, 1.165) is 23.8 Å². The highest BCUT2D eigenvalue weighted by molar-refractivity contribution is 14.0. The van der Waals surface area contributed by atoms with Crippen LogP contribution >= 0.6 is 24.0 Å². The predicted molar refractivity (Wildman–Crippen MR) is 124 cm³/mol. The molecule has 154 valence electrons. The van der Waals surface area contributed by atoms with Crippen LogP contribution in [-0.4, -0.2) is 40.1 Å². The van der Waals surface area contributed by atoms with Crippen molar-refractivity contribution in [3.8, 4) is 0 Å². The smallest absolute Gasteiger partial charge is 0.248 e. The number of carbonyl (C=O) groups is 1. The standard InChI is InChI=1S/C20H30N6O.HI/c1-6-22-20(23-11-15-8-7-9-16(10-15)19(21)27)25(4)12-17-13-26(5)24-18(17)14(2)3;/h7-10,13-14H,6,11-12H2,1-5H3,(H2,21,27)(H,22,23);1H. The van der Waals surface area contributed by atoms with Crippen molar-refractivity contribution in [1.29, 1.82) is 0 Å². The number of nitrogens with one attached hydrogen (secondary N) is 1. The van der Waals surface area contributed by atoms with E-state index in [1.807, 2.05) is 37.8 Å². The number of primary amides is 1. The number of amides is 1. The summed E-state index contributed by atoms with van der Waals surface area (Å²) in [7, 11) is 3.96. The number of halogens is 1. The molecule has 1 aromatic carbocycles. The Morgan fingerprint density at radius 2 is 2.11 bits per heavy atom. The molecule has 3 N–H and O–H groups in total. The van der Waals surface area contributed by atoms with E-state index in [1.165, 1.54) is 5.56 Å². The Balaban J connectivity index is 0.00000392. The molecule has 0 atom stereocenters. The van der Waals surface area contributed by atoms with E-state index in [0.29, 0.717) is 24.6 Å². The summed E-state index contributed by atoms with van der Waals surface area (Å²) in [5.74, 6) is 0.744. The van der Waals surface area contributed by atoms with E-state index < -0.39 is 5.91 Å². The third-order valence-electron chi connectivity index (χ3n) is 4.21. The fraction of sp³-hybridized carbons (Fsp3) is 0.450. The third-order valence-corrected chi connectivity index (χ3v) is 4.21. The Morgan fingerprint density at radius 1 is 1.39 bits per heavy atom. The lowest BCUT2D eigenvalue weighted by molar-refractivity contribution is 0.1000. The van der Waals surface area contributed by atoms with Crippen molar-refractivity contribution < 1.29 is 4.79 Å². The van der Waals surface area contributed by atoms with E-state index in [-0.39, 0.29) is 24.0 Å². The van der Waals surface area contributed by atoms with Crippen molar-refractivity contribution in [2.75, 3.05) is 13.6 Å². The number of carbonyl (C=O) groups excluding carboxylic acids is 1. The van der Waals surface area contributed by atoms with Crippen LogP contribution in [0.5, 0.6) is 0 Å². The number of aryl methyl sites for hydroxylation is 1. The maximum Gasteiger partial charge on any atom is 0.248 e. The average molecular weight is 498 g/mol. The first-order chi connectivity index (χ1) is 12.8. The van der Waals surface area contributed by atoms with Gasteiger partial charge in [0.15, 0.2) is 5.96 Å². The highest BCUT2D eigenvalue weighted by Crippen LogP contribution is 2.18. The topological polar surface area (TPSA) is 88.5 Å². The van der Waals surface area contributed by atoms with Gasteiger partial charge in [0.1, 0.15) is 0 Å². The molecule has 0 unspecified atom stereocenters. The minimum atomic E-state index is -0.428. The second-order valence-corrected chi connectivity index (χ2v) is 6.96. The summed E-state index contributed by atoms with van der Waals surface area (Å²) in [6.07, 6.45) is 2.06. The first kappa shape index (κ1) is 23.9. The van der Waals surface area contributed by atoms with E-state index in [4.69, 9.17) is 10.7 Å². The second-order valence-electron chi connectivity index (χ2n) is 6.96. The number of rotatable bonds is 7. The number of aromatic nitrogens is 2. The summed E-state index contributed by atoms with van der Waals surface area (Å²) < 4.78 is 1.86. The number of benzene rings is 1. The van der Waals surface area contributed by atoms with E-state index >= 15 is 0 Å². The van der Waals surface area contributed by atoms with Gasteiger partial charge in [-0.05, 0) is 30.5 Å². The van der Waals surface area contributed by atoms with E-state index in [9.17, 15) is 4.79 Å². The molecule has 8 heteroatoms. The zero-order chi connectivity index (χ0) is 20.0. The highest BCUT2D eigenvalue weighted by Gasteiger charge is 2.15. The molecule has 0 aliphatic carbocycles. The predicted octanol–water partition coefficient (Wildman–Crippen LogP) is 2.86. The Labute approximate surface area is 184 Å². The van der Waals surface area contributed by atoms with Crippen molar-refractivity contribution >= 4 is 35.8 Å². The van der Waals surface area contributed by atoms with Crippen molar-refractivity contribution in [2.24, 2.45) is 17.8 Å². The van der Waals surface area contributed by atoms with Crippen LogP contribution in [-0.2, 0) is 20.1 Å². The number of nitrogens with zero attached hydrogens (tertiary/aromatic N) is 4. The fourth-order valence-electron chi connectivity index (χ4n) is 2.95. The number of nitrogens with two attached hydrogens (primary N) is 1. The van der Waals surface area contributed by atoms with Gasteiger partial charge >= 0.3 is 0 Å². The molecule has 28 heavy (non-hydrogen) atoms. The highest BCUT2D eigenvalue weighted by atomic mass is 127. The molecule has 2 aromatic rings. The quantitative estimate of drug-likeness (QED) is 0.349. The van der Waals surface area contributed by atoms with Crippen LogP contribution in [0.2, 0.25) is 0 Å². The van der Waals surface area contributed by atoms with Crippen molar-refractivity contribution in [1.82, 2.24) is 20.0 Å². The Bertz CT molecular complexity index is 815. The Morgan fingerprint density at radius 3 is 2.71 bits per heavy atom.